The average Bonchev–Trinajstić information content (AvgIpc) is 3.64. The smallest absolute Gasteiger partial charge is 0.152 e. The number of sulfone groups is 1. The van der Waals surface area contributed by atoms with Gasteiger partial charge in [0.05, 0.1) is 23.8 Å². The average molecular weight is 529 g/mol. The number of hydrogen-bond donors (Lipinski definition) is 1. The highest BCUT2D eigenvalue weighted by Gasteiger charge is 2.30. The highest BCUT2D eigenvalue weighted by molar-refractivity contribution is 7.91. The lowest BCUT2D eigenvalue weighted by molar-refractivity contribution is 0.138. The van der Waals surface area contributed by atoms with Crippen molar-refractivity contribution >= 4 is 27.1 Å². The molecule has 0 radical (unpaired) electrons. The number of aryl methyl sites for hydroxylation is 1. The van der Waals surface area contributed by atoms with Crippen LogP contribution in [0.15, 0.2) is 42.5 Å². The number of halogens is 1. The van der Waals surface area contributed by atoms with Gasteiger partial charge in [0.2, 0.25) is 0 Å². The van der Waals surface area contributed by atoms with Gasteiger partial charge < -0.3 is 10.1 Å². The van der Waals surface area contributed by atoms with E-state index >= 15 is 0 Å². The Balaban J connectivity index is 1.12. The Kier molecular flexibility index (Phi) is 7.40. The fourth-order valence-corrected chi connectivity index (χ4v) is 6.34. The molecule has 2 heterocycles. The second kappa shape index (κ2) is 10.5. The van der Waals surface area contributed by atoms with E-state index in [1.165, 1.54) is 24.1 Å². The Morgan fingerprint density at radius 1 is 1.11 bits per heavy atom. The molecule has 1 aliphatic heterocycles. The summed E-state index contributed by atoms with van der Waals surface area (Å²) >= 11 is 6.40. The van der Waals surface area contributed by atoms with Crippen LogP contribution >= 0.6 is 11.6 Å². The van der Waals surface area contributed by atoms with Crippen molar-refractivity contribution in [3.05, 3.63) is 69.9 Å². The van der Waals surface area contributed by atoms with E-state index in [4.69, 9.17) is 21.4 Å². The fraction of sp³-hybridized carbons (Fsp3) is 0.444. The molecule has 1 saturated heterocycles. The molecule has 0 spiro atoms. The molecule has 9 heteroatoms. The number of aromatic nitrogens is 2. The maximum absolute atomic E-state index is 11.7. The van der Waals surface area contributed by atoms with Crippen LogP contribution in [-0.2, 0) is 34.8 Å². The van der Waals surface area contributed by atoms with Crippen LogP contribution in [0.25, 0.3) is 11.3 Å². The Hall–Kier alpha value is -2.39. The summed E-state index contributed by atoms with van der Waals surface area (Å²) in [6.45, 7) is 4.75. The van der Waals surface area contributed by atoms with Gasteiger partial charge in [0, 0.05) is 54.6 Å². The SMILES string of the molecule is Cc1c(-c2ccc(NCOCc3ccc(Cl)c(CN4CCS(=O)(=O)CC4)c3)cc2)nn(C)c1C1CC1. The summed E-state index contributed by atoms with van der Waals surface area (Å²) in [4.78, 5) is 2.14. The lowest BCUT2D eigenvalue weighted by Gasteiger charge is -2.27. The molecule has 3 aromatic rings. The molecule has 1 aliphatic carbocycles. The molecular formula is C27H33ClN4O3S. The van der Waals surface area contributed by atoms with Crippen molar-refractivity contribution in [3.8, 4) is 11.3 Å². The van der Waals surface area contributed by atoms with Crippen molar-refractivity contribution in [3.63, 3.8) is 0 Å². The number of nitrogens with zero attached hydrogens (tertiary/aromatic N) is 3. The quantitative estimate of drug-likeness (QED) is 0.319. The summed E-state index contributed by atoms with van der Waals surface area (Å²) in [5, 5.41) is 8.77. The van der Waals surface area contributed by atoms with Gasteiger partial charge in [-0.15, -0.1) is 0 Å². The summed E-state index contributed by atoms with van der Waals surface area (Å²) in [6, 6.07) is 14.2. The van der Waals surface area contributed by atoms with Gasteiger partial charge in [-0.25, -0.2) is 8.42 Å². The van der Waals surface area contributed by atoms with Crippen LogP contribution in [0.1, 0.15) is 41.1 Å². The maximum atomic E-state index is 11.7. The zero-order valence-corrected chi connectivity index (χ0v) is 22.4. The van der Waals surface area contributed by atoms with E-state index in [1.54, 1.807) is 0 Å². The molecule has 2 aliphatic rings. The van der Waals surface area contributed by atoms with Gasteiger partial charge >= 0.3 is 0 Å². The highest BCUT2D eigenvalue weighted by atomic mass is 35.5. The van der Waals surface area contributed by atoms with E-state index in [9.17, 15) is 8.42 Å². The van der Waals surface area contributed by atoms with Crippen LogP contribution in [0.3, 0.4) is 0 Å². The van der Waals surface area contributed by atoms with Crippen molar-refractivity contribution in [2.24, 2.45) is 7.05 Å². The topological polar surface area (TPSA) is 76.5 Å². The molecule has 2 aromatic carbocycles. The summed E-state index contributed by atoms with van der Waals surface area (Å²) in [6.07, 6.45) is 2.54. The van der Waals surface area contributed by atoms with Crippen molar-refractivity contribution in [2.45, 2.75) is 38.8 Å². The molecule has 0 amide bonds. The van der Waals surface area contributed by atoms with E-state index in [2.05, 4.69) is 41.4 Å². The Morgan fingerprint density at radius 2 is 1.83 bits per heavy atom. The van der Waals surface area contributed by atoms with Gasteiger partial charge in [0.25, 0.3) is 0 Å². The maximum Gasteiger partial charge on any atom is 0.152 e. The minimum Gasteiger partial charge on any atom is -0.363 e. The van der Waals surface area contributed by atoms with E-state index in [0.717, 1.165) is 28.1 Å². The van der Waals surface area contributed by atoms with Gasteiger partial charge in [-0.2, -0.15) is 5.10 Å². The standard InChI is InChI=1S/C27H33ClN4O3S/c1-19-26(30-31(2)27(19)22-4-5-22)21-6-8-24(9-7-21)29-18-35-17-20-3-10-25(28)23(15-20)16-32-11-13-36(33,34)14-12-32/h3,6-10,15,22,29H,4-5,11-14,16-18H2,1-2H3. The molecular weight excluding hydrogens is 496 g/mol. The summed E-state index contributed by atoms with van der Waals surface area (Å²) in [7, 11) is -0.847. The summed E-state index contributed by atoms with van der Waals surface area (Å²) in [5.74, 6) is 1.10. The predicted molar refractivity (Wildman–Crippen MR) is 144 cm³/mol. The first-order valence-corrected chi connectivity index (χ1v) is 14.6. The molecule has 0 bridgehead atoms. The van der Waals surface area contributed by atoms with E-state index in [0.29, 0.717) is 43.9 Å². The number of hydrogen-bond acceptors (Lipinski definition) is 6. The Labute approximate surface area is 218 Å². The van der Waals surface area contributed by atoms with Gasteiger partial charge in [-0.3, -0.25) is 9.58 Å². The van der Waals surface area contributed by atoms with Crippen LogP contribution < -0.4 is 5.32 Å². The second-order valence-electron chi connectivity index (χ2n) is 9.86. The first-order valence-electron chi connectivity index (χ1n) is 12.4. The minimum absolute atomic E-state index is 0.211. The first-order chi connectivity index (χ1) is 17.3. The molecule has 5 rings (SSSR count). The van der Waals surface area contributed by atoms with Crippen molar-refractivity contribution < 1.29 is 13.2 Å². The molecule has 7 nitrogen and oxygen atoms in total. The predicted octanol–water partition coefficient (Wildman–Crippen LogP) is 4.74. The lowest BCUT2D eigenvalue weighted by atomic mass is 10.0. The summed E-state index contributed by atoms with van der Waals surface area (Å²) in [5.41, 5.74) is 7.87. The van der Waals surface area contributed by atoms with Crippen LogP contribution in [0.2, 0.25) is 5.02 Å². The number of anilines is 1. The Bertz CT molecular complexity index is 1320. The monoisotopic (exact) mass is 528 g/mol. The van der Waals surface area contributed by atoms with Crippen molar-refractivity contribution in [2.75, 3.05) is 36.6 Å². The third-order valence-electron chi connectivity index (χ3n) is 7.05. The van der Waals surface area contributed by atoms with Crippen molar-refractivity contribution in [1.29, 1.82) is 0 Å². The van der Waals surface area contributed by atoms with Gasteiger partial charge in [0.1, 0.15) is 6.73 Å². The van der Waals surface area contributed by atoms with Crippen LogP contribution in [-0.4, -0.2) is 54.4 Å². The summed E-state index contributed by atoms with van der Waals surface area (Å²) < 4.78 is 31.2. The Morgan fingerprint density at radius 3 is 2.53 bits per heavy atom. The molecule has 1 saturated carbocycles. The molecule has 0 atom stereocenters. The molecule has 1 N–H and O–H groups in total. The largest absolute Gasteiger partial charge is 0.363 e. The van der Waals surface area contributed by atoms with E-state index in [-0.39, 0.29) is 11.5 Å². The minimum atomic E-state index is -2.89. The molecule has 1 aromatic heterocycles. The highest BCUT2D eigenvalue weighted by Crippen LogP contribution is 2.43. The van der Waals surface area contributed by atoms with Gasteiger partial charge in [-0.05, 0) is 54.7 Å². The number of benzene rings is 2. The number of rotatable bonds is 9. The van der Waals surface area contributed by atoms with Crippen LogP contribution in [0.5, 0.6) is 0 Å². The van der Waals surface area contributed by atoms with E-state index in [1.807, 2.05) is 29.9 Å². The first kappa shape index (κ1) is 25.3. The normalized spacial score (nSPS) is 17.9. The molecule has 2 fully saturated rings. The zero-order chi connectivity index (χ0) is 25.3. The second-order valence-corrected chi connectivity index (χ2v) is 12.6. The van der Waals surface area contributed by atoms with Gasteiger partial charge in [0.15, 0.2) is 9.84 Å². The van der Waals surface area contributed by atoms with Crippen LogP contribution in [0.4, 0.5) is 5.69 Å². The fourth-order valence-electron chi connectivity index (χ4n) is 4.88. The number of ether oxygens (including phenoxy) is 1. The van der Waals surface area contributed by atoms with E-state index < -0.39 is 9.84 Å². The van der Waals surface area contributed by atoms with Crippen molar-refractivity contribution in [1.82, 2.24) is 14.7 Å². The lowest BCUT2D eigenvalue weighted by Crippen LogP contribution is -2.39. The molecule has 0 unspecified atom stereocenters. The third kappa shape index (κ3) is 5.94. The van der Waals surface area contributed by atoms with Crippen LogP contribution in [0, 0.1) is 6.92 Å². The zero-order valence-electron chi connectivity index (χ0n) is 20.8. The molecule has 36 heavy (non-hydrogen) atoms. The third-order valence-corrected chi connectivity index (χ3v) is 9.03. The van der Waals surface area contributed by atoms with Gasteiger partial charge in [-0.1, -0.05) is 35.9 Å². The molecule has 192 valence electrons. The number of nitrogens with one attached hydrogen (secondary N) is 1.